The topological polar surface area (TPSA) is 110 Å². The number of nitrogens with one attached hydrogen (secondary N) is 1. The second-order valence-electron chi connectivity index (χ2n) is 5.66. The van der Waals surface area contributed by atoms with Crippen LogP contribution < -0.4 is 5.32 Å². The third kappa shape index (κ3) is 3.02. The molecule has 0 saturated heterocycles. The minimum Gasteiger partial charge on any atom is -0.324 e. The Morgan fingerprint density at radius 2 is 1.96 bits per heavy atom. The molecule has 3 amide bonds. The lowest BCUT2D eigenvalue weighted by Crippen LogP contribution is -2.37. The Labute approximate surface area is 152 Å². The van der Waals surface area contributed by atoms with Crippen molar-refractivity contribution >= 4 is 40.7 Å². The molecule has 0 fully saturated rings. The van der Waals surface area contributed by atoms with Gasteiger partial charge in [-0.05, 0) is 36.8 Å². The van der Waals surface area contributed by atoms with Crippen molar-refractivity contribution in [1.82, 2.24) is 4.90 Å². The van der Waals surface area contributed by atoms with Gasteiger partial charge in [-0.2, -0.15) is 0 Å². The fraction of sp³-hybridized carbons (Fsp3) is 0.118. The van der Waals surface area contributed by atoms with E-state index in [0.717, 1.165) is 6.07 Å². The smallest absolute Gasteiger partial charge is 0.282 e. The van der Waals surface area contributed by atoms with Gasteiger partial charge in [0.1, 0.15) is 12.1 Å². The van der Waals surface area contributed by atoms with Crippen LogP contribution in [0.15, 0.2) is 36.4 Å². The molecule has 1 heterocycles. The molecule has 0 radical (unpaired) electrons. The summed E-state index contributed by atoms with van der Waals surface area (Å²) < 4.78 is 0. The Morgan fingerprint density at radius 1 is 1.23 bits per heavy atom. The number of aryl methyl sites for hydroxylation is 1. The van der Waals surface area contributed by atoms with Crippen LogP contribution in [0.5, 0.6) is 0 Å². The highest BCUT2D eigenvalue weighted by Gasteiger charge is 2.41. The van der Waals surface area contributed by atoms with E-state index in [1.807, 2.05) is 0 Å². The number of rotatable bonds is 4. The second-order valence-corrected chi connectivity index (χ2v) is 6.10. The molecule has 0 spiro atoms. The number of hydrogen-bond donors (Lipinski definition) is 1. The maximum absolute atomic E-state index is 12.4. The average molecular weight is 374 g/mol. The zero-order valence-corrected chi connectivity index (χ0v) is 14.2. The summed E-state index contributed by atoms with van der Waals surface area (Å²) >= 11 is 5.86. The molecule has 0 aromatic heterocycles. The first-order valence-electron chi connectivity index (χ1n) is 7.49. The highest BCUT2D eigenvalue weighted by molar-refractivity contribution is 6.30. The van der Waals surface area contributed by atoms with Gasteiger partial charge in [0.15, 0.2) is 0 Å². The zero-order chi connectivity index (χ0) is 19.0. The second kappa shape index (κ2) is 6.57. The number of anilines is 1. The monoisotopic (exact) mass is 373 g/mol. The van der Waals surface area contributed by atoms with E-state index in [4.69, 9.17) is 11.6 Å². The van der Waals surface area contributed by atoms with Gasteiger partial charge in [-0.1, -0.05) is 17.7 Å². The van der Waals surface area contributed by atoms with Crippen LogP contribution in [0.4, 0.5) is 11.4 Å². The summed E-state index contributed by atoms with van der Waals surface area (Å²) in [4.78, 5) is 48.1. The maximum Gasteiger partial charge on any atom is 0.282 e. The normalized spacial score (nSPS) is 12.9. The van der Waals surface area contributed by atoms with Gasteiger partial charge in [0.2, 0.25) is 5.91 Å². The molecule has 0 saturated carbocycles. The molecule has 8 nitrogen and oxygen atoms in total. The minimum absolute atomic E-state index is 0.0836. The first-order chi connectivity index (χ1) is 12.3. The molecule has 1 aliphatic heterocycles. The number of nitrogens with zero attached hydrogens (tertiary/aromatic N) is 2. The number of carbonyl (C=O) groups is 3. The van der Waals surface area contributed by atoms with E-state index in [1.54, 1.807) is 25.1 Å². The number of hydrogen-bond acceptors (Lipinski definition) is 5. The Kier molecular flexibility index (Phi) is 4.43. The minimum atomic E-state index is -0.861. The molecule has 3 rings (SSSR count). The number of benzene rings is 2. The van der Waals surface area contributed by atoms with Crippen LogP contribution in [0.2, 0.25) is 5.02 Å². The number of nitro benzene ring substituents is 1. The lowest BCUT2D eigenvalue weighted by Gasteiger charge is -2.14. The zero-order valence-electron chi connectivity index (χ0n) is 13.5. The summed E-state index contributed by atoms with van der Waals surface area (Å²) in [5.41, 5.74) is 0.362. The average Bonchev–Trinajstić information content (AvgIpc) is 2.82. The van der Waals surface area contributed by atoms with Crippen LogP contribution in [-0.4, -0.2) is 34.1 Å². The van der Waals surface area contributed by atoms with E-state index < -0.39 is 34.9 Å². The van der Waals surface area contributed by atoms with Crippen molar-refractivity contribution in [2.75, 3.05) is 11.9 Å². The molecular formula is C17H12ClN3O5. The Balaban J connectivity index is 1.82. The molecule has 26 heavy (non-hydrogen) atoms. The van der Waals surface area contributed by atoms with Crippen molar-refractivity contribution in [3.63, 3.8) is 0 Å². The van der Waals surface area contributed by atoms with E-state index in [-0.39, 0.29) is 11.1 Å². The van der Waals surface area contributed by atoms with E-state index in [2.05, 4.69) is 5.32 Å². The molecule has 2 aromatic carbocycles. The largest absolute Gasteiger partial charge is 0.324 e. The summed E-state index contributed by atoms with van der Waals surface area (Å²) in [6, 6.07) is 8.64. The molecule has 2 aromatic rings. The Morgan fingerprint density at radius 3 is 2.62 bits per heavy atom. The molecule has 0 bridgehead atoms. The lowest BCUT2D eigenvalue weighted by atomic mass is 10.1. The number of nitro groups is 1. The van der Waals surface area contributed by atoms with Gasteiger partial charge < -0.3 is 5.32 Å². The first-order valence-corrected chi connectivity index (χ1v) is 7.87. The van der Waals surface area contributed by atoms with Crippen LogP contribution in [0.25, 0.3) is 0 Å². The standard InChI is InChI=1S/C17H12ClN3O5/c1-9-7-10(18)5-6-12(9)19-14(22)8-20-16(23)11-3-2-4-13(21(25)26)15(11)17(20)24/h2-7H,8H2,1H3,(H,19,22). The van der Waals surface area contributed by atoms with Crippen molar-refractivity contribution < 1.29 is 19.3 Å². The third-order valence-electron chi connectivity index (χ3n) is 3.94. The van der Waals surface area contributed by atoms with Crippen LogP contribution >= 0.6 is 11.6 Å². The van der Waals surface area contributed by atoms with Gasteiger partial charge in [-0.3, -0.25) is 29.4 Å². The summed E-state index contributed by atoms with van der Waals surface area (Å²) in [7, 11) is 0. The molecular weight excluding hydrogens is 362 g/mol. The van der Waals surface area contributed by atoms with E-state index in [1.165, 1.54) is 12.1 Å². The van der Waals surface area contributed by atoms with Crippen LogP contribution in [-0.2, 0) is 4.79 Å². The predicted octanol–water partition coefficient (Wildman–Crippen LogP) is 2.79. The molecule has 0 unspecified atom stereocenters. The van der Waals surface area contributed by atoms with Crippen LogP contribution in [0.1, 0.15) is 26.3 Å². The fourth-order valence-corrected chi connectivity index (χ4v) is 2.94. The molecule has 0 aliphatic carbocycles. The summed E-state index contributed by atoms with van der Waals surface area (Å²) in [5.74, 6) is -2.20. The van der Waals surface area contributed by atoms with E-state index in [9.17, 15) is 24.5 Å². The van der Waals surface area contributed by atoms with Crippen molar-refractivity contribution in [3.05, 3.63) is 68.2 Å². The van der Waals surface area contributed by atoms with Crippen molar-refractivity contribution in [2.45, 2.75) is 6.92 Å². The lowest BCUT2D eigenvalue weighted by molar-refractivity contribution is -0.385. The molecule has 0 atom stereocenters. The Hall–Kier alpha value is -3.26. The number of amides is 3. The molecule has 1 N–H and O–H groups in total. The molecule has 132 valence electrons. The van der Waals surface area contributed by atoms with E-state index >= 15 is 0 Å². The quantitative estimate of drug-likeness (QED) is 0.503. The number of fused-ring (bicyclic) bond motifs is 1. The van der Waals surface area contributed by atoms with Gasteiger partial charge in [-0.25, -0.2) is 0 Å². The fourth-order valence-electron chi connectivity index (χ4n) is 2.71. The molecule has 1 aliphatic rings. The number of imide groups is 1. The highest BCUT2D eigenvalue weighted by atomic mass is 35.5. The third-order valence-corrected chi connectivity index (χ3v) is 4.17. The first kappa shape index (κ1) is 17.6. The number of halogens is 1. The summed E-state index contributed by atoms with van der Waals surface area (Å²) in [6.07, 6.45) is 0. The molecule has 9 heteroatoms. The van der Waals surface area contributed by atoms with Crippen molar-refractivity contribution in [2.24, 2.45) is 0 Å². The maximum atomic E-state index is 12.4. The SMILES string of the molecule is Cc1cc(Cl)ccc1NC(=O)CN1C(=O)c2cccc([N+](=O)[O-])c2C1=O. The van der Waals surface area contributed by atoms with Gasteiger partial charge in [0.25, 0.3) is 17.5 Å². The van der Waals surface area contributed by atoms with E-state index in [0.29, 0.717) is 21.2 Å². The van der Waals surface area contributed by atoms with Crippen LogP contribution in [0, 0.1) is 17.0 Å². The number of carbonyl (C=O) groups excluding carboxylic acids is 3. The predicted molar refractivity (Wildman–Crippen MR) is 93.3 cm³/mol. The summed E-state index contributed by atoms with van der Waals surface area (Å²) in [5, 5.41) is 14.2. The van der Waals surface area contributed by atoms with Crippen LogP contribution in [0.3, 0.4) is 0 Å². The van der Waals surface area contributed by atoms with Gasteiger partial charge in [0, 0.05) is 16.8 Å². The Bertz CT molecular complexity index is 973. The van der Waals surface area contributed by atoms with Crippen molar-refractivity contribution in [1.29, 1.82) is 0 Å². The summed E-state index contributed by atoms with van der Waals surface area (Å²) in [6.45, 7) is 1.19. The van der Waals surface area contributed by atoms with Gasteiger partial charge >= 0.3 is 0 Å². The van der Waals surface area contributed by atoms with Gasteiger partial charge in [-0.15, -0.1) is 0 Å². The van der Waals surface area contributed by atoms with Gasteiger partial charge in [0.05, 0.1) is 10.5 Å². The highest BCUT2D eigenvalue weighted by Crippen LogP contribution is 2.30. The van der Waals surface area contributed by atoms with Crippen molar-refractivity contribution in [3.8, 4) is 0 Å².